The molecule has 0 unspecified atom stereocenters. The van der Waals surface area contributed by atoms with Crippen molar-refractivity contribution in [2.24, 2.45) is 0 Å². The van der Waals surface area contributed by atoms with Crippen molar-refractivity contribution in [1.29, 1.82) is 0 Å². The second-order valence-electron chi connectivity index (χ2n) is 3.63. The Morgan fingerprint density at radius 3 is 2.27 bits per heavy atom. The predicted molar refractivity (Wildman–Crippen MR) is 60.1 cm³/mol. The quantitative estimate of drug-likeness (QED) is 0.738. The Morgan fingerprint density at radius 1 is 1.20 bits per heavy atom. The normalized spacial score (nSPS) is 19.3. The van der Waals surface area contributed by atoms with Crippen LogP contribution in [0.25, 0.3) is 0 Å². The number of halogens is 1. The van der Waals surface area contributed by atoms with Crippen LogP contribution in [0, 0.1) is 0 Å². The maximum atomic E-state index is 5.92. The van der Waals surface area contributed by atoms with E-state index in [0.717, 1.165) is 12.0 Å². The first-order valence-corrected chi connectivity index (χ1v) is 5.77. The molecule has 1 aliphatic rings. The molecule has 1 aromatic rings. The van der Waals surface area contributed by atoms with Crippen molar-refractivity contribution in [2.75, 3.05) is 19.1 Å². The Hall–Kier alpha value is -0.570. The molecule has 0 saturated carbocycles. The molecule has 15 heavy (non-hydrogen) atoms. The zero-order valence-electron chi connectivity index (χ0n) is 8.83. The van der Waals surface area contributed by atoms with Crippen LogP contribution in [0.4, 0.5) is 0 Å². The van der Waals surface area contributed by atoms with Crippen LogP contribution in [0.15, 0.2) is 24.3 Å². The number of rotatable bonds is 3. The summed E-state index contributed by atoms with van der Waals surface area (Å²) in [6.07, 6.45) is 1.04. The third-order valence-corrected chi connectivity index (χ3v) is 3.08. The van der Waals surface area contributed by atoms with Gasteiger partial charge < -0.3 is 9.47 Å². The molecule has 1 heterocycles. The SMILES string of the molecule is CCc1ccc(C2(CCl)OCCO2)cc1. The molecule has 2 nitrogen and oxygen atoms in total. The molecule has 82 valence electrons. The van der Waals surface area contributed by atoms with Gasteiger partial charge in [-0.3, -0.25) is 0 Å². The number of hydrogen-bond donors (Lipinski definition) is 0. The molecule has 0 amide bonds. The van der Waals surface area contributed by atoms with Crippen molar-refractivity contribution in [3.63, 3.8) is 0 Å². The van der Waals surface area contributed by atoms with E-state index in [-0.39, 0.29) is 0 Å². The molecule has 1 aliphatic heterocycles. The van der Waals surface area contributed by atoms with Gasteiger partial charge in [0.15, 0.2) is 0 Å². The number of benzene rings is 1. The minimum Gasteiger partial charge on any atom is -0.342 e. The first kappa shape index (κ1) is 10.9. The summed E-state index contributed by atoms with van der Waals surface area (Å²) < 4.78 is 11.2. The van der Waals surface area contributed by atoms with E-state index in [1.165, 1.54) is 5.56 Å². The fraction of sp³-hybridized carbons (Fsp3) is 0.500. The van der Waals surface area contributed by atoms with Gasteiger partial charge in [0, 0.05) is 5.56 Å². The van der Waals surface area contributed by atoms with Crippen LogP contribution in [0.1, 0.15) is 18.1 Å². The van der Waals surface area contributed by atoms with Crippen LogP contribution >= 0.6 is 11.6 Å². The Balaban J connectivity index is 2.26. The van der Waals surface area contributed by atoms with E-state index in [1.54, 1.807) is 0 Å². The molecule has 0 aliphatic carbocycles. The van der Waals surface area contributed by atoms with Gasteiger partial charge in [0.05, 0.1) is 19.1 Å². The van der Waals surface area contributed by atoms with Gasteiger partial charge in [-0.1, -0.05) is 31.2 Å². The summed E-state index contributed by atoms with van der Waals surface area (Å²) in [5.74, 6) is -0.383. The third-order valence-electron chi connectivity index (χ3n) is 2.73. The lowest BCUT2D eigenvalue weighted by Crippen LogP contribution is -2.29. The smallest absolute Gasteiger partial charge is 0.208 e. The van der Waals surface area contributed by atoms with Crippen LogP contribution in [0.3, 0.4) is 0 Å². The number of hydrogen-bond acceptors (Lipinski definition) is 2. The van der Waals surface area contributed by atoms with Gasteiger partial charge in [-0.2, -0.15) is 0 Å². The van der Waals surface area contributed by atoms with Crippen molar-refractivity contribution >= 4 is 11.6 Å². The molecular weight excluding hydrogens is 212 g/mol. The zero-order chi connectivity index (χ0) is 10.7. The molecule has 3 heteroatoms. The van der Waals surface area contributed by atoms with Crippen molar-refractivity contribution in [1.82, 2.24) is 0 Å². The van der Waals surface area contributed by atoms with E-state index in [0.29, 0.717) is 19.1 Å². The number of ether oxygens (including phenoxy) is 2. The summed E-state index contributed by atoms with van der Waals surface area (Å²) in [7, 11) is 0. The summed E-state index contributed by atoms with van der Waals surface area (Å²) in [5, 5.41) is 0. The monoisotopic (exact) mass is 226 g/mol. The van der Waals surface area contributed by atoms with Crippen molar-refractivity contribution in [3.8, 4) is 0 Å². The van der Waals surface area contributed by atoms with Crippen LogP contribution in [-0.4, -0.2) is 19.1 Å². The molecule has 0 radical (unpaired) electrons. The summed E-state index contributed by atoms with van der Waals surface area (Å²) in [6, 6.07) is 8.25. The predicted octanol–water partition coefficient (Wildman–Crippen LogP) is 2.69. The lowest BCUT2D eigenvalue weighted by atomic mass is 10.0. The fourth-order valence-corrected chi connectivity index (χ4v) is 2.08. The average molecular weight is 227 g/mol. The Kier molecular flexibility index (Phi) is 3.29. The Morgan fingerprint density at radius 2 is 1.80 bits per heavy atom. The largest absolute Gasteiger partial charge is 0.342 e. The minimum absolute atomic E-state index is 0.332. The summed E-state index contributed by atoms with van der Waals surface area (Å²) >= 11 is 5.92. The fourth-order valence-electron chi connectivity index (χ4n) is 1.77. The van der Waals surface area contributed by atoms with Crippen LogP contribution < -0.4 is 0 Å². The van der Waals surface area contributed by atoms with Gasteiger partial charge in [0.2, 0.25) is 5.79 Å². The lowest BCUT2D eigenvalue weighted by molar-refractivity contribution is -0.146. The van der Waals surface area contributed by atoms with Crippen LogP contribution in [-0.2, 0) is 21.7 Å². The first-order valence-electron chi connectivity index (χ1n) is 5.24. The summed E-state index contributed by atoms with van der Waals surface area (Å²) in [5.41, 5.74) is 2.31. The maximum Gasteiger partial charge on any atom is 0.208 e. The van der Waals surface area contributed by atoms with E-state index >= 15 is 0 Å². The highest BCUT2D eigenvalue weighted by Crippen LogP contribution is 2.32. The molecule has 1 aromatic carbocycles. The third kappa shape index (κ3) is 2.03. The van der Waals surface area contributed by atoms with Gasteiger partial charge in [0.25, 0.3) is 0 Å². The van der Waals surface area contributed by atoms with Crippen LogP contribution in [0.2, 0.25) is 0 Å². The molecular formula is C12H15ClO2. The van der Waals surface area contributed by atoms with E-state index in [1.807, 2.05) is 12.1 Å². The standard InChI is InChI=1S/C12H15ClO2/c1-2-10-3-5-11(6-4-10)12(9-13)14-7-8-15-12/h3-6H,2,7-9H2,1H3. The highest BCUT2D eigenvalue weighted by molar-refractivity contribution is 6.18. The Bertz CT molecular complexity index is 315. The topological polar surface area (TPSA) is 18.5 Å². The molecule has 0 atom stereocenters. The minimum atomic E-state index is -0.714. The molecule has 2 rings (SSSR count). The number of aryl methyl sites for hydroxylation is 1. The molecule has 0 spiro atoms. The molecule has 0 bridgehead atoms. The average Bonchev–Trinajstić information content (AvgIpc) is 2.79. The van der Waals surface area contributed by atoms with Gasteiger partial charge in [-0.05, 0) is 12.0 Å². The van der Waals surface area contributed by atoms with E-state index in [9.17, 15) is 0 Å². The van der Waals surface area contributed by atoms with Gasteiger partial charge >= 0.3 is 0 Å². The molecule has 0 N–H and O–H groups in total. The zero-order valence-corrected chi connectivity index (χ0v) is 9.59. The van der Waals surface area contributed by atoms with Gasteiger partial charge in [0.1, 0.15) is 0 Å². The van der Waals surface area contributed by atoms with E-state index < -0.39 is 5.79 Å². The number of alkyl halides is 1. The lowest BCUT2D eigenvalue weighted by Gasteiger charge is -2.25. The molecule has 1 saturated heterocycles. The maximum absolute atomic E-state index is 5.92. The first-order chi connectivity index (χ1) is 7.30. The van der Waals surface area contributed by atoms with E-state index in [2.05, 4.69) is 19.1 Å². The summed E-state index contributed by atoms with van der Waals surface area (Å²) in [6.45, 7) is 3.36. The second-order valence-corrected chi connectivity index (χ2v) is 3.90. The molecule has 0 aromatic heterocycles. The van der Waals surface area contributed by atoms with Crippen molar-refractivity contribution in [2.45, 2.75) is 19.1 Å². The highest BCUT2D eigenvalue weighted by atomic mass is 35.5. The van der Waals surface area contributed by atoms with Gasteiger partial charge in [-0.25, -0.2) is 0 Å². The van der Waals surface area contributed by atoms with Crippen molar-refractivity contribution < 1.29 is 9.47 Å². The highest BCUT2D eigenvalue weighted by Gasteiger charge is 2.37. The van der Waals surface area contributed by atoms with Crippen LogP contribution in [0.5, 0.6) is 0 Å². The summed E-state index contributed by atoms with van der Waals surface area (Å²) in [4.78, 5) is 0. The Labute approximate surface area is 95.1 Å². The molecule has 1 fully saturated rings. The van der Waals surface area contributed by atoms with E-state index in [4.69, 9.17) is 21.1 Å². The van der Waals surface area contributed by atoms with Gasteiger partial charge in [-0.15, -0.1) is 11.6 Å². The second kappa shape index (κ2) is 4.52. The van der Waals surface area contributed by atoms with Crippen molar-refractivity contribution in [3.05, 3.63) is 35.4 Å².